The van der Waals surface area contributed by atoms with Gasteiger partial charge in [-0.2, -0.15) is 0 Å². The van der Waals surface area contributed by atoms with Crippen LogP contribution in [0.4, 0.5) is 0 Å². The van der Waals surface area contributed by atoms with Crippen LogP contribution in [0.2, 0.25) is 0 Å². The van der Waals surface area contributed by atoms with Crippen molar-refractivity contribution >= 4 is 11.3 Å². The van der Waals surface area contributed by atoms with Crippen molar-refractivity contribution in [2.24, 2.45) is 0 Å². The molecular formula is C16H20OS. The normalized spacial score (nSPS) is 12.6. The highest BCUT2D eigenvalue weighted by Gasteiger charge is 2.08. The Morgan fingerprint density at radius 1 is 1.00 bits per heavy atom. The molecule has 1 aromatic heterocycles. The number of rotatable bonds is 5. The van der Waals surface area contributed by atoms with Crippen LogP contribution in [0.5, 0.6) is 0 Å². The minimum Gasteiger partial charge on any atom is -0.392 e. The number of aryl methyl sites for hydroxylation is 2. The summed E-state index contributed by atoms with van der Waals surface area (Å²) >= 11 is 1.81. The van der Waals surface area contributed by atoms with Gasteiger partial charge in [0, 0.05) is 16.2 Å². The molecule has 2 rings (SSSR count). The van der Waals surface area contributed by atoms with Crippen LogP contribution in [0.1, 0.15) is 27.8 Å². The molecule has 0 aliphatic carbocycles. The molecule has 2 aromatic rings. The van der Waals surface area contributed by atoms with Crippen molar-refractivity contribution in [3.63, 3.8) is 0 Å². The molecule has 1 nitrogen and oxygen atoms in total. The van der Waals surface area contributed by atoms with Crippen LogP contribution >= 0.6 is 11.3 Å². The second kappa shape index (κ2) is 6.17. The van der Waals surface area contributed by atoms with Gasteiger partial charge in [0.1, 0.15) is 0 Å². The molecule has 18 heavy (non-hydrogen) atoms. The molecule has 0 radical (unpaired) electrons. The van der Waals surface area contributed by atoms with Crippen molar-refractivity contribution < 1.29 is 5.11 Å². The Bertz CT molecular complexity index is 484. The third-order valence-electron chi connectivity index (χ3n) is 3.09. The van der Waals surface area contributed by atoms with Gasteiger partial charge in [0.25, 0.3) is 0 Å². The summed E-state index contributed by atoms with van der Waals surface area (Å²) in [5.74, 6) is 0. The first-order chi connectivity index (χ1) is 8.67. The van der Waals surface area contributed by atoms with Crippen LogP contribution in [0, 0.1) is 6.92 Å². The van der Waals surface area contributed by atoms with Crippen molar-refractivity contribution in [1.29, 1.82) is 0 Å². The first-order valence-electron chi connectivity index (χ1n) is 6.48. The summed E-state index contributed by atoms with van der Waals surface area (Å²) in [7, 11) is 0. The summed E-state index contributed by atoms with van der Waals surface area (Å²) in [6, 6.07) is 12.7. The molecule has 0 aliphatic rings. The van der Waals surface area contributed by atoms with Crippen molar-refractivity contribution in [3.05, 3.63) is 57.3 Å². The van der Waals surface area contributed by atoms with Gasteiger partial charge in [-0.15, -0.1) is 11.3 Å². The molecule has 1 atom stereocenters. The Morgan fingerprint density at radius 2 is 1.67 bits per heavy atom. The van der Waals surface area contributed by atoms with Crippen molar-refractivity contribution in [3.8, 4) is 0 Å². The van der Waals surface area contributed by atoms with E-state index in [0.29, 0.717) is 0 Å². The fourth-order valence-electron chi connectivity index (χ4n) is 2.02. The van der Waals surface area contributed by atoms with Crippen molar-refractivity contribution in [2.75, 3.05) is 0 Å². The summed E-state index contributed by atoms with van der Waals surface area (Å²) in [4.78, 5) is 2.68. The summed E-state index contributed by atoms with van der Waals surface area (Å²) in [5.41, 5.74) is 2.47. The van der Waals surface area contributed by atoms with Crippen LogP contribution in [0.15, 0.2) is 36.4 Å². The lowest BCUT2D eigenvalue weighted by atomic mass is 10.0. The van der Waals surface area contributed by atoms with E-state index in [9.17, 15) is 5.11 Å². The quantitative estimate of drug-likeness (QED) is 0.867. The highest BCUT2D eigenvalue weighted by molar-refractivity contribution is 7.11. The Labute approximate surface area is 113 Å². The van der Waals surface area contributed by atoms with E-state index in [1.54, 1.807) is 0 Å². The molecule has 2 heteroatoms. The molecule has 0 fully saturated rings. The maximum atomic E-state index is 10.1. The highest BCUT2D eigenvalue weighted by Crippen LogP contribution is 2.19. The van der Waals surface area contributed by atoms with E-state index in [1.807, 2.05) is 11.3 Å². The Balaban J connectivity index is 1.91. The van der Waals surface area contributed by atoms with Gasteiger partial charge < -0.3 is 5.11 Å². The predicted molar refractivity (Wildman–Crippen MR) is 78.3 cm³/mol. The van der Waals surface area contributed by atoms with Crippen LogP contribution < -0.4 is 0 Å². The molecule has 0 aliphatic heterocycles. The smallest absolute Gasteiger partial charge is 0.0628 e. The molecule has 0 saturated heterocycles. The number of hydrogen-bond donors (Lipinski definition) is 1. The van der Waals surface area contributed by atoms with Gasteiger partial charge in [-0.05, 0) is 37.5 Å². The van der Waals surface area contributed by atoms with Gasteiger partial charge in [-0.3, -0.25) is 0 Å². The minimum absolute atomic E-state index is 0.281. The molecule has 0 spiro atoms. The maximum absolute atomic E-state index is 10.1. The molecule has 96 valence electrons. The molecule has 1 unspecified atom stereocenters. The standard InChI is InChI=1S/C16H20OS/c1-3-15-8-9-16(18-15)11-14(17)10-13-6-4-12(2)5-7-13/h4-9,14,17H,3,10-11H2,1-2H3. The van der Waals surface area contributed by atoms with Gasteiger partial charge in [0.15, 0.2) is 0 Å². The van der Waals surface area contributed by atoms with E-state index in [1.165, 1.54) is 20.9 Å². The Kier molecular flexibility index (Phi) is 4.56. The lowest BCUT2D eigenvalue weighted by Crippen LogP contribution is -2.13. The van der Waals surface area contributed by atoms with E-state index in [0.717, 1.165) is 19.3 Å². The molecule has 1 aromatic carbocycles. The molecular weight excluding hydrogens is 240 g/mol. The fourth-order valence-corrected chi connectivity index (χ4v) is 3.05. The van der Waals surface area contributed by atoms with E-state index in [-0.39, 0.29) is 6.10 Å². The zero-order valence-corrected chi connectivity index (χ0v) is 11.8. The van der Waals surface area contributed by atoms with Crippen molar-refractivity contribution in [1.82, 2.24) is 0 Å². The van der Waals surface area contributed by atoms with Gasteiger partial charge >= 0.3 is 0 Å². The third kappa shape index (κ3) is 3.69. The second-order valence-electron chi connectivity index (χ2n) is 4.77. The fraction of sp³-hybridized carbons (Fsp3) is 0.375. The monoisotopic (exact) mass is 260 g/mol. The van der Waals surface area contributed by atoms with E-state index < -0.39 is 0 Å². The zero-order chi connectivity index (χ0) is 13.0. The first kappa shape index (κ1) is 13.3. The van der Waals surface area contributed by atoms with Crippen LogP contribution in [-0.4, -0.2) is 11.2 Å². The molecule has 0 bridgehead atoms. The van der Waals surface area contributed by atoms with Gasteiger partial charge in [0.2, 0.25) is 0 Å². The van der Waals surface area contributed by atoms with Gasteiger partial charge in [-0.25, -0.2) is 0 Å². The minimum atomic E-state index is -0.281. The van der Waals surface area contributed by atoms with E-state index >= 15 is 0 Å². The second-order valence-corrected chi connectivity index (χ2v) is 6.02. The predicted octanol–water partition coefficient (Wildman–Crippen LogP) is 3.77. The third-order valence-corrected chi connectivity index (χ3v) is 4.35. The number of aliphatic hydroxyl groups is 1. The van der Waals surface area contributed by atoms with Gasteiger partial charge in [-0.1, -0.05) is 36.8 Å². The number of benzene rings is 1. The van der Waals surface area contributed by atoms with Crippen LogP contribution in [-0.2, 0) is 19.3 Å². The van der Waals surface area contributed by atoms with Crippen LogP contribution in [0.25, 0.3) is 0 Å². The summed E-state index contributed by atoms with van der Waals surface area (Å²) < 4.78 is 0. The Hall–Kier alpha value is -1.12. The molecule has 0 saturated carbocycles. The maximum Gasteiger partial charge on any atom is 0.0628 e. The average Bonchev–Trinajstić information content (AvgIpc) is 2.79. The molecule has 1 N–H and O–H groups in total. The molecule has 1 heterocycles. The number of aliphatic hydroxyl groups excluding tert-OH is 1. The van der Waals surface area contributed by atoms with E-state index in [2.05, 4.69) is 50.2 Å². The summed E-state index contributed by atoms with van der Waals surface area (Å²) in [6.45, 7) is 4.25. The zero-order valence-electron chi connectivity index (χ0n) is 11.0. The SMILES string of the molecule is CCc1ccc(CC(O)Cc2ccc(C)cc2)s1. The first-order valence-corrected chi connectivity index (χ1v) is 7.30. The average molecular weight is 260 g/mol. The van der Waals surface area contributed by atoms with Crippen LogP contribution in [0.3, 0.4) is 0 Å². The summed E-state index contributed by atoms with van der Waals surface area (Å²) in [5, 5.41) is 10.1. The lowest BCUT2D eigenvalue weighted by molar-refractivity contribution is 0.176. The Morgan fingerprint density at radius 3 is 2.28 bits per heavy atom. The topological polar surface area (TPSA) is 20.2 Å². The highest BCUT2D eigenvalue weighted by atomic mass is 32.1. The van der Waals surface area contributed by atoms with Crippen molar-refractivity contribution in [2.45, 2.75) is 39.2 Å². The lowest BCUT2D eigenvalue weighted by Gasteiger charge is -2.09. The number of hydrogen-bond acceptors (Lipinski definition) is 2. The number of thiophene rings is 1. The molecule has 0 amide bonds. The van der Waals surface area contributed by atoms with Gasteiger partial charge in [0.05, 0.1) is 6.10 Å². The van der Waals surface area contributed by atoms with E-state index in [4.69, 9.17) is 0 Å². The summed E-state index contributed by atoms with van der Waals surface area (Å²) in [6.07, 6.45) is 2.30. The largest absolute Gasteiger partial charge is 0.392 e.